The van der Waals surface area contributed by atoms with Crippen LogP contribution in [0, 0.1) is 6.92 Å². The Hall–Kier alpha value is -2.14. The molecule has 1 unspecified atom stereocenters. The molecule has 0 spiro atoms. The van der Waals surface area contributed by atoms with Crippen LogP contribution in [0.5, 0.6) is 0 Å². The SMILES string of the molecule is C=CCN(CC(=O)O)CC(=O)NC(C)c1ccccc1C. The van der Waals surface area contributed by atoms with E-state index in [0.717, 1.165) is 11.1 Å². The van der Waals surface area contributed by atoms with Crippen LogP contribution in [-0.2, 0) is 9.59 Å². The number of nitrogens with one attached hydrogen (secondary N) is 1. The molecule has 1 aromatic carbocycles. The summed E-state index contributed by atoms with van der Waals surface area (Å²) in [7, 11) is 0. The number of benzene rings is 1. The van der Waals surface area contributed by atoms with Crippen molar-refractivity contribution >= 4 is 11.9 Å². The van der Waals surface area contributed by atoms with Crippen LogP contribution in [0.1, 0.15) is 24.1 Å². The van der Waals surface area contributed by atoms with E-state index in [0.29, 0.717) is 6.54 Å². The van der Waals surface area contributed by atoms with E-state index >= 15 is 0 Å². The Morgan fingerprint density at radius 2 is 2.05 bits per heavy atom. The number of aryl methyl sites for hydroxylation is 1. The fraction of sp³-hybridized carbons (Fsp3) is 0.375. The molecule has 1 amide bonds. The van der Waals surface area contributed by atoms with Gasteiger partial charge in [0, 0.05) is 6.54 Å². The van der Waals surface area contributed by atoms with Gasteiger partial charge < -0.3 is 10.4 Å². The second-order valence-corrected chi connectivity index (χ2v) is 5.00. The number of carbonyl (C=O) groups is 2. The summed E-state index contributed by atoms with van der Waals surface area (Å²) < 4.78 is 0. The zero-order valence-corrected chi connectivity index (χ0v) is 12.5. The maximum absolute atomic E-state index is 12.0. The lowest BCUT2D eigenvalue weighted by Crippen LogP contribution is -2.40. The summed E-state index contributed by atoms with van der Waals surface area (Å²) in [5, 5.41) is 11.7. The minimum atomic E-state index is -0.961. The number of carbonyl (C=O) groups excluding carboxylic acids is 1. The highest BCUT2D eigenvalue weighted by Gasteiger charge is 2.15. The molecule has 1 atom stereocenters. The van der Waals surface area contributed by atoms with Gasteiger partial charge in [0.25, 0.3) is 0 Å². The zero-order chi connectivity index (χ0) is 15.8. The van der Waals surface area contributed by atoms with E-state index < -0.39 is 5.97 Å². The molecule has 0 saturated carbocycles. The molecule has 2 N–H and O–H groups in total. The second kappa shape index (κ2) is 8.21. The topological polar surface area (TPSA) is 69.6 Å². The number of aliphatic carboxylic acids is 1. The predicted octanol–water partition coefficient (Wildman–Crippen LogP) is 1.74. The molecule has 0 heterocycles. The van der Waals surface area contributed by atoms with Gasteiger partial charge in [-0.2, -0.15) is 0 Å². The number of hydrogen-bond acceptors (Lipinski definition) is 3. The first-order valence-electron chi connectivity index (χ1n) is 6.84. The lowest BCUT2D eigenvalue weighted by molar-refractivity contribution is -0.138. The number of amides is 1. The molecule has 0 aliphatic carbocycles. The Kier molecular flexibility index (Phi) is 6.62. The van der Waals surface area contributed by atoms with E-state index in [1.807, 2.05) is 38.1 Å². The molecule has 0 bridgehead atoms. The van der Waals surface area contributed by atoms with Crippen molar-refractivity contribution in [1.82, 2.24) is 10.2 Å². The number of nitrogens with zero attached hydrogens (tertiary/aromatic N) is 1. The van der Waals surface area contributed by atoms with Gasteiger partial charge in [0.2, 0.25) is 5.91 Å². The van der Waals surface area contributed by atoms with Crippen molar-refractivity contribution in [2.75, 3.05) is 19.6 Å². The molecule has 0 fully saturated rings. The second-order valence-electron chi connectivity index (χ2n) is 5.00. The molecule has 5 nitrogen and oxygen atoms in total. The molecule has 0 radical (unpaired) electrons. The van der Waals surface area contributed by atoms with Crippen molar-refractivity contribution in [3.63, 3.8) is 0 Å². The van der Waals surface area contributed by atoms with Gasteiger partial charge in [-0.05, 0) is 25.0 Å². The normalized spacial score (nSPS) is 12.0. The van der Waals surface area contributed by atoms with E-state index in [2.05, 4.69) is 11.9 Å². The fourth-order valence-corrected chi connectivity index (χ4v) is 2.20. The summed E-state index contributed by atoms with van der Waals surface area (Å²) in [6.07, 6.45) is 1.58. The molecule has 5 heteroatoms. The van der Waals surface area contributed by atoms with Gasteiger partial charge in [-0.1, -0.05) is 30.3 Å². The van der Waals surface area contributed by atoms with Crippen molar-refractivity contribution in [3.8, 4) is 0 Å². The first-order chi connectivity index (χ1) is 9.93. The molecular formula is C16H22N2O3. The third-order valence-electron chi connectivity index (χ3n) is 3.15. The smallest absolute Gasteiger partial charge is 0.317 e. The molecule has 0 aromatic heterocycles. The van der Waals surface area contributed by atoms with Gasteiger partial charge in [-0.3, -0.25) is 14.5 Å². The monoisotopic (exact) mass is 290 g/mol. The van der Waals surface area contributed by atoms with Crippen molar-refractivity contribution in [3.05, 3.63) is 48.0 Å². The molecule has 0 aliphatic rings. The van der Waals surface area contributed by atoms with Gasteiger partial charge in [0.05, 0.1) is 19.1 Å². The number of carboxylic acids is 1. The summed E-state index contributed by atoms with van der Waals surface area (Å²) >= 11 is 0. The average molecular weight is 290 g/mol. The molecule has 0 aliphatic heterocycles. The van der Waals surface area contributed by atoms with E-state index in [9.17, 15) is 9.59 Å². The summed E-state index contributed by atoms with van der Waals surface area (Å²) in [6.45, 7) is 7.69. The summed E-state index contributed by atoms with van der Waals surface area (Å²) in [5.41, 5.74) is 2.16. The summed E-state index contributed by atoms with van der Waals surface area (Å²) in [4.78, 5) is 24.3. The first kappa shape index (κ1) is 16.9. The van der Waals surface area contributed by atoms with Crippen LogP contribution in [0.2, 0.25) is 0 Å². The Balaban J connectivity index is 2.61. The van der Waals surface area contributed by atoms with Crippen LogP contribution in [-0.4, -0.2) is 41.5 Å². The Bertz CT molecular complexity index is 514. The van der Waals surface area contributed by atoms with E-state index in [1.54, 1.807) is 6.08 Å². The van der Waals surface area contributed by atoms with Gasteiger partial charge in [0.15, 0.2) is 0 Å². The van der Waals surface area contributed by atoms with Crippen LogP contribution < -0.4 is 5.32 Å². The lowest BCUT2D eigenvalue weighted by atomic mass is 10.0. The lowest BCUT2D eigenvalue weighted by Gasteiger charge is -2.21. The molecular weight excluding hydrogens is 268 g/mol. The third-order valence-corrected chi connectivity index (χ3v) is 3.15. The predicted molar refractivity (Wildman–Crippen MR) is 82.0 cm³/mol. The van der Waals surface area contributed by atoms with Crippen molar-refractivity contribution < 1.29 is 14.7 Å². The minimum Gasteiger partial charge on any atom is -0.480 e. The Morgan fingerprint density at radius 3 is 2.62 bits per heavy atom. The largest absolute Gasteiger partial charge is 0.480 e. The van der Waals surface area contributed by atoms with Gasteiger partial charge in [-0.25, -0.2) is 0 Å². The van der Waals surface area contributed by atoms with Crippen LogP contribution in [0.15, 0.2) is 36.9 Å². The molecule has 0 saturated heterocycles. The molecule has 21 heavy (non-hydrogen) atoms. The van der Waals surface area contributed by atoms with E-state index in [-0.39, 0.29) is 25.0 Å². The van der Waals surface area contributed by atoms with Crippen LogP contribution in [0.25, 0.3) is 0 Å². The van der Waals surface area contributed by atoms with Crippen molar-refractivity contribution in [1.29, 1.82) is 0 Å². The number of carboxylic acid groups (broad SMARTS) is 1. The summed E-state index contributed by atoms with van der Waals surface area (Å²) in [6, 6.07) is 7.73. The number of hydrogen-bond donors (Lipinski definition) is 2. The Morgan fingerprint density at radius 1 is 1.38 bits per heavy atom. The van der Waals surface area contributed by atoms with Crippen LogP contribution in [0.3, 0.4) is 0 Å². The first-order valence-corrected chi connectivity index (χ1v) is 6.84. The van der Waals surface area contributed by atoms with Gasteiger partial charge in [0.1, 0.15) is 0 Å². The highest BCUT2D eigenvalue weighted by molar-refractivity contribution is 5.79. The fourth-order valence-electron chi connectivity index (χ4n) is 2.20. The molecule has 1 rings (SSSR count). The third kappa shape index (κ3) is 5.79. The van der Waals surface area contributed by atoms with E-state index in [1.165, 1.54) is 4.90 Å². The number of rotatable bonds is 8. The van der Waals surface area contributed by atoms with Crippen molar-refractivity contribution in [2.45, 2.75) is 19.9 Å². The van der Waals surface area contributed by atoms with Crippen LogP contribution >= 0.6 is 0 Å². The maximum atomic E-state index is 12.0. The average Bonchev–Trinajstić information content (AvgIpc) is 2.38. The molecule has 114 valence electrons. The molecule has 1 aromatic rings. The van der Waals surface area contributed by atoms with Gasteiger partial charge in [-0.15, -0.1) is 6.58 Å². The van der Waals surface area contributed by atoms with Gasteiger partial charge >= 0.3 is 5.97 Å². The minimum absolute atomic E-state index is 0.0363. The Labute approximate surface area is 125 Å². The standard InChI is InChI=1S/C16H22N2O3/c1-4-9-18(11-16(20)21)10-15(19)17-13(3)14-8-6-5-7-12(14)2/h4-8,13H,1,9-11H2,2-3H3,(H,17,19)(H,20,21). The summed E-state index contributed by atoms with van der Waals surface area (Å²) in [5.74, 6) is -1.16. The van der Waals surface area contributed by atoms with Crippen LogP contribution in [0.4, 0.5) is 0 Å². The highest BCUT2D eigenvalue weighted by atomic mass is 16.4. The quantitative estimate of drug-likeness (QED) is 0.716. The van der Waals surface area contributed by atoms with Crippen molar-refractivity contribution in [2.24, 2.45) is 0 Å². The van der Waals surface area contributed by atoms with E-state index in [4.69, 9.17) is 5.11 Å². The maximum Gasteiger partial charge on any atom is 0.317 e. The zero-order valence-electron chi connectivity index (χ0n) is 12.5. The highest BCUT2D eigenvalue weighted by Crippen LogP contribution is 2.16.